The molecule has 1 aromatic heterocycles. The Labute approximate surface area is 84.4 Å². The van der Waals surface area contributed by atoms with Gasteiger partial charge in [-0.25, -0.2) is 0 Å². The monoisotopic (exact) mass is 195 g/mol. The van der Waals surface area contributed by atoms with Gasteiger partial charge in [0.1, 0.15) is 5.75 Å². The zero-order valence-corrected chi connectivity index (χ0v) is 8.47. The van der Waals surface area contributed by atoms with E-state index in [0.29, 0.717) is 19.0 Å². The topological polar surface area (TPSA) is 40.6 Å². The van der Waals surface area contributed by atoms with Crippen molar-refractivity contribution >= 4 is 7.32 Å². The highest BCUT2D eigenvalue weighted by Crippen LogP contribution is 2.08. The molecule has 0 atom stereocenters. The maximum absolute atomic E-state index is 5.39. The fourth-order valence-corrected chi connectivity index (χ4v) is 0.916. The highest BCUT2D eigenvalue weighted by molar-refractivity contribution is 6.37. The maximum Gasteiger partial charge on any atom is 0.713 e. The van der Waals surface area contributed by atoms with E-state index >= 15 is 0 Å². The minimum atomic E-state index is -0.644. The van der Waals surface area contributed by atoms with Crippen LogP contribution < -0.4 is 4.65 Å². The van der Waals surface area contributed by atoms with Crippen LogP contribution in [0.5, 0.6) is 5.75 Å². The van der Waals surface area contributed by atoms with Crippen molar-refractivity contribution in [1.82, 2.24) is 4.98 Å². The molecule has 0 aliphatic heterocycles. The molecular weight excluding hydrogens is 181 g/mol. The molecule has 0 radical (unpaired) electrons. The molecule has 0 N–H and O–H groups in total. The number of rotatable bonds is 6. The lowest BCUT2D eigenvalue weighted by Crippen LogP contribution is -2.30. The van der Waals surface area contributed by atoms with E-state index in [-0.39, 0.29) is 0 Å². The van der Waals surface area contributed by atoms with Crippen LogP contribution in [0, 0.1) is 0 Å². The Balaban J connectivity index is 2.46. The summed E-state index contributed by atoms with van der Waals surface area (Å²) in [6.07, 6.45) is 3.30. The number of hydrogen-bond donors (Lipinski definition) is 0. The fourth-order valence-electron chi connectivity index (χ4n) is 0.916. The first-order valence-electron chi connectivity index (χ1n) is 4.66. The average molecular weight is 195 g/mol. The minimum absolute atomic E-state index is 0.547. The third-order valence-electron chi connectivity index (χ3n) is 1.47. The number of hydrogen-bond acceptors (Lipinski definition) is 4. The van der Waals surface area contributed by atoms with E-state index < -0.39 is 7.32 Å². The summed E-state index contributed by atoms with van der Waals surface area (Å²) in [6, 6.07) is 3.60. The third-order valence-corrected chi connectivity index (χ3v) is 1.47. The van der Waals surface area contributed by atoms with Gasteiger partial charge >= 0.3 is 7.32 Å². The summed E-state index contributed by atoms with van der Waals surface area (Å²) < 4.78 is 15.8. The van der Waals surface area contributed by atoms with E-state index in [2.05, 4.69) is 4.98 Å². The van der Waals surface area contributed by atoms with Crippen LogP contribution in [0.2, 0.25) is 0 Å². The van der Waals surface area contributed by atoms with Gasteiger partial charge in [0, 0.05) is 19.4 Å². The summed E-state index contributed by atoms with van der Waals surface area (Å²) in [5, 5.41) is 0. The molecule has 0 saturated heterocycles. The van der Waals surface area contributed by atoms with Gasteiger partial charge in [-0.15, -0.1) is 0 Å². The van der Waals surface area contributed by atoms with Crippen molar-refractivity contribution in [2.75, 3.05) is 13.2 Å². The van der Waals surface area contributed by atoms with Crippen LogP contribution in [0.25, 0.3) is 0 Å². The van der Waals surface area contributed by atoms with Gasteiger partial charge < -0.3 is 14.0 Å². The van der Waals surface area contributed by atoms with E-state index in [1.165, 1.54) is 0 Å². The SMILES string of the molecule is CCOB(OCC)Oc1cccnc1. The van der Waals surface area contributed by atoms with E-state index in [0.717, 1.165) is 0 Å². The fraction of sp³-hybridized carbons (Fsp3) is 0.444. The first-order valence-corrected chi connectivity index (χ1v) is 4.66. The first-order chi connectivity index (χ1) is 6.86. The van der Waals surface area contributed by atoms with Gasteiger partial charge in [0.15, 0.2) is 0 Å². The Hall–Kier alpha value is -1.07. The van der Waals surface area contributed by atoms with Gasteiger partial charge in [0.2, 0.25) is 0 Å². The Kier molecular flexibility index (Phi) is 5.03. The molecule has 14 heavy (non-hydrogen) atoms. The quantitative estimate of drug-likeness (QED) is 0.645. The zero-order valence-electron chi connectivity index (χ0n) is 8.47. The average Bonchev–Trinajstić information content (AvgIpc) is 2.20. The lowest BCUT2D eigenvalue weighted by Gasteiger charge is -2.12. The van der Waals surface area contributed by atoms with Gasteiger partial charge in [0.25, 0.3) is 0 Å². The lowest BCUT2D eigenvalue weighted by atomic mass is 10.2. The smallest absolute Gasteiger partial charge is 0.510 e. The summed E-state index contributed by atoms with van der Waals surface area (Å²) in [5.41, 5.74) is 0. The molecule has 0 unspecified atom stereocenters. The van der Waals surface area contributed by atoms with Crippen molar-refractivity contribution in [1.29, 1.82) is 0 Å². The normalized spacial score (nSPS) is 9.86. The molecule has 1 rings (SSSR count). The maximum atomic E-state index is 5.39. The second-order valence-electron chi connectivity index (χ2n) is 2.51. The van der Waals surface area contributed by atoms with E-state index in [1.807, 2.05) is 13.8 Å². The predicted octanol–water partition coefficient (Wildman–Crippen LogP) is 1.52. The second-order valence-corrected chi connectivity index (χ2v) is 2.51. The highest BCUT2D eigenvalue weighted by Gasteiger charge is 2.22. The Bertz CT molecular complexity index is 239. The molecule has 4 nitrogen and oxygen atoms in total. The van der Waals surface area contributed by atoms with Crippen LogP contribution in [-0.2, 0) is 9.31 Å². The molecule has 0 aliphatic rings. The van der Waals surface area contributed by atoms with Crippen molar-refractivity contribution < 1.29 is 14.0 Å². The van der Waals surface area contributed by atoms with Crippen molar-refractivity contribution in [3.63, 3.8) is 0 Å². The van der Waals surface area contributed by atoms with E-state index in [9.17, 15) is 0 Å². The largest absolute Gasteiger partial charge is 0.713 e. The summed E-state index contributed by atoms with van der Waals surface area (Å²) in [5.74, 6) is 0.638. The zero-order chi connectivity index (χ0) is 10.2. The van der Waals surface area contributed by atoms with E-state index in [4.69, 9.17) is 14.0 Å². The second kappa shape index (κ2) is 6.40. The number of nitrogens with zero attached hydrogens (tertiary/aromatic N) is 1. The van der Waals surface area contributed by atoms with Gasteiger partial charge in [-0.05, 0) is 26.0 Å². The summed E-state index contributed by atoms with van der Waals surface area (Å²) in [4.78, 5) is 3.92. The number of aromatic nitrogens is 1. The van der Waals surface area contributed by atoms with Crippen LogP contribution >= 0.6 is 0 Å². The molecule has 0 saturated carbocycles. The molecule has 0 amide bonds. The number of pyridine rings is 1. The molecule has 0 bridgehead atoms. The van der Waals surface area contributed by atoms with Gasteiger partial charge in [-0.1, -0.05) is 0 Å². The molecule has 76 valence electrons. The molecule has 5 heteroatoms. The summed E-state index contributed by atoms with van der Waals surface area (Å²) in [7, 11) is -0.644. The van der Waals surface area contributed by atoms with Crippen LogP contribution in [0.3, 0.4) is 0 Å². The highest BCUT2D eigenvalue weighted by atomic mass is 16.7. The molecule has 0 aromatic carbocycles. The summed E-state index contributed by atoms with van der Waals surface area (Å²) in [6.45, 7) is 4.87. The molecular formula is C9H14BNO3. The summed E-state index contributed by atoms with van der Waals surface area (Å²) >= 11 is 0. The Morgan fingerprint density at radius 3 is 2.50 bits per heavy atom. The lowest BCUT2D eigenvalue weighted by molar-refractivity contribution is 0.153. The van der Waals surface area contributed by atoms with Crippen molar-refractivity contribution in [3.8, 4) is 5.75 Å². The van der Waals surface area contributed by atoms with E-state index in [1.54, 1.807) is 24.5 Å². The Morgan fingerprint density at radius 1 is 1.29 bits per heavy atom. The van der Waals surface area contributed by atoms with Crippen LogP contribution in [0.4, 0.5) is 0 Å². The van der Waals surface area contributed by atoms with Gasteiger partial charge in [-0.2, -0.15) is 0 Å². The molecule has 0 fully saturated rings. The van der Waals surface area contributed by atoms with Crippen molar-refractivity contribution in [3.05, 3.63) is 24.5 Å². The third kappa shape index (κ3) is 3.76. The van der Waals surface area contributed by atoms with Gasteiger partial charge in [0.05, 0.1) is 6.20 Å². The van der Waals surface area contributed by atoms with Crippen LogP contribution in [0.1, 0.15) is 13.8 Å². The van der Waals surface area contributed by atoms with Crippen molar-refractivity contribution in [2.45, 2.75) is 13.8 Å². The predicted molar refractivity (Wildman–Crippen MR) is 53.9 cm³/mol. The van der Waals surface area contributed by atoms with Gasteiger partial charge in [-0.3, -0.25) is 4.98 Å². The molecule has 1 heterocycles. The molecule has 1 aromatic rings. The molecule has 0 aliphatic carbocycles. The first kappa shape index (κ1) is 11.0. The molecule has 0 spiro atoms. The Morgan fingerprint density at radius 2 is 2.00 bits per heavy atom. The standard InChI is InChI=1S/C9H14BNO3/c1-3-12-10(13-4-2)14-9-6-5-7-11-8-9/h5-8H,3-4H2,1-2H3. The van der Waals surface area contributed by atoms with Crippen LogP contribution in [0.15, 0.2) is 24.5 Å². The van der Waals surface area contributed by atoms with Crippen LogP contribution in [-0.4, -0.2) is 25.5 Å². The minimum Gasteiger partial charge on any atom is -0.510 e. The van der Waals surface area contributed by atoms with Crippen molar-refractivity contribution in [2.24, 2.45) is 0 Å².